The maximum absolute atomic E-state index is 14.8. The van der Waals surface area contributed by atoms with Crippen LogP contribution in [-0.4, -0.2) is 23.1 Å². The van der Waals surface area contributed by atoms with Crippen molar-refractivity contribution in [1.29, 1.82) is 0 Å². The van der Waals surface area contributed by atoms with Crippen LogP contribution >= 0.6 is 0 Å². The number of halogens is 3. The van der Waals surface area contributed by atoms with E-state index in [0.717, 1.165) is 18.9 Å². The van der Waals surface area contributed by atoms with Gasteiger partial charge >= 0.3 is 6.09 Å². The number of rotatable bonds is 1. The lowest BCUT2D eigenvalue weighted by atomic mass is 9.82. The van der Waals surface area contributed by atoms with Gasteiger partial charge in [-0.05, 0) is 62.9 Å². The zero-order chi connectivity index (χ0) is 20.3. The first-order valence-corrected chi connectivity index (χ1v) is 9.35. The Bertz CT molecular complexity index is 961. The van der Waals surface area contributed by atoms with Crippen LogP contribution in [-0.2, 0) is 16.7 Å². The highest BCUT2D eigenvalue weighted by molar-refractivity contribution is 5.74. The molecule has 3 nitrogen and oxygen atoms in total. The van der Waals surface area contributed by atoms with Crippen LogP contribution in [0.2, 0.25) is 0 Å². The van der Waals surface area contributed by atoms with Gasteiger partial charge in [0.25, 0.3) is 0 Å². The van der Waals surface area contributed by atoms with Crippen LogP contribution in [0.3, 0.4) is 0 Å². The second-order valence-corrected chi connectivity index (χ2v) is 8.69. The summed E-state index contributed by atoms with van der Waals surface area (Å²) in [7, 11) is 0. The van der Waals surface area contributed by atoms with Crippen LogP contribution in [0.1, 0.15) is 44.7 Å². The molecule has 0 unspecified atom stereocenters. The fraction of sp³-hybridized carbons (Fsp3) is 0.409. The number of benzene rings is 2. The standard InChI is InChI=1S/C22H22F3NO2/c1-21(2,3)28-20(27)26-11-16-14(15-5-4-13(23)10-18(15)25)6-7-17(24)19(16)22(12-26)8-9-22/h4-7,10H,8-9,11-12H2,1-3H3. The summed E-state index contributed by atoms with van der Waals surface area (Å²) < 4.78 is 48.1. The molecule has 0 aromatic heterocycles. The van der Waals surface area contributed by atoms with Crippen LogP contribution in [0.4, 0.5) is 18.0 Å². The van der Waals surface area contributed by atoms with E-state index in [9.17, 15) is 18.0 Å². The van der Waals surface area contributed by atoms with Crippen LogP contribution < -0.4 is 0 Å². The number of amides is 1. The van der Waals surface area contributed by atoms with E-state index in [1.54, 1.807) is 25.7 Å². The van der Waals surface area contributed by atoms with Crippen molar-refractivity contribution >= 4 is 6.09 Å². The first kappa shape index (κ1) is 18.8. The highest BCUT2D eigenvalue weighted by Gasteiger charge is 2.52. The average molecular weight is 389 g/mol. The Kier molecular flexibility index (Phi) is 4.21. The summed E-state index contributed by atoms with van der Waals surface area (Å²) in [6, 6.07) is 6.17. The zero-order valence-electron chi connectivity index (χ0n) is 16.1. The van der Waals surface area contributed by atoms with Gasteiger partial charge in [-0.25, -0.2) is 18.0 Å². The van der Waals surface area contributed by atoms with Crippen molar-refractivity contribution in [2.75, 3.05) is 6.54 Å². The van der Waals surface area contributed by atoms with Crippen LogP contribution in [0.5, 0.6) is 0 Å². The molecule has 1 fully saturated rings. The maximum atomic E-state index is 14.8. The summed E-state index contributed by atoms with van der Waals surface area (Å²) in [5.74, 6) is -1.73. The van der Waals surface area contributed by atoms with Crippen LogP contribution in [0, 0.1) is 17.5 Å². The molecule has 6 heteroatoms. The number of carbonyl (C=O) groups excluding carboxylic acids is 1. The Morgan fingerprint density at radius 1 is 1.04 bits per heavy atom. The van der Waals surface area contributed by atoms with E-state index >= 15 is 0 Å². The minimum Gasteiger partial charge on any atom is -0.444 e. The fourth-order valence-electron chi connectivity index (χ4n) is 4.02. The number of ether oxygens (including phenoxy) is 1. The number of hydrogen-bond donors (Lipinski definition) is 0. The largest absolute Gasteiger partial charge is 0.444 e. The summed E-state index contributed by atoms with van der Waals surface area (Å²) in [6.45, 7) is 5.86. The third-order valence-electron chi connectivity index (χ3n) is 5.36. The predicted octanol–water partition coefficient (Wildman–Crippen LogP) is 5.55. The van der Waals surface area contributed by atoms with Crippen LogP contribution in [0.15, 0.2) is 30.3 Å². The first-order chi connectivity index (χ1) is 13.1. The van der Waals surface area contributed by atoms with Crippen molar-refractivity contribution in [3.05, 3.63) is 58.9 Å². The molecule has 28 heavy (non-hydrogen) atoms. The third-order valence-corrected chi connectivity index (χ3v) is 5.36. The molecule has 2 aliphatic rings. The average Bonchev–Trinajstić information content (AvgIpc) is 3.33. The van der Waals surface area contributed by atoms with Gasteiger partial charge in [0, 0.05) is 29.2 Å². The molecule has 0 bridgehead atoms. The molecule has 0 N–H and O–H groups in total. The van der Waals surface area contributed by atoms with Gasteiger partial charge in [-0.1, -0.05) is 6.07 Å². The Morgan fingerprint density at radius 2 is 1.71 bits per heavy atom. The second kappa shape index (κ2) is 6.26. The number of nitrogens with zero attached hydrogens (tertiary/aromatic N) is 1. The molecule has 2 aromatic rings. The lowest BCUT2D eigenvalue weighted by Crippen LogP contribution is -2.44. The molecule has 4 rings (SSSR count). The van der Waals surface area contributed by atoms with Crippen molar-refractivity contribution in [2.24, 2.45) is 0 Å². The topological polar surface area (TPSA) is 29.5 Å². The minimum atomic E-state index is -0.715. The highest BCUT2D eigenvalue weighted by Crippen LogP contribution is 2.54. The molecule has 1 aliphatic carbocycles. The second-order valence-electron chi connectivity index (χ2n) is 8.69. The Hall–Kier alpha value is -2.50. The number of fused-ring (bicyclic) bond motifs is 2. The molecule has 1 saturated carbocycles. The molecular weight excluding hydrogens is 367 g/mol. The summed E-state index contributed by atoms with van der Waals surface area (Å²) in [6.07, 6.45) is 1.04. The Balaban J connectivity index is 1.81. The molecule has 1 spiro atoms. The molecular formula is C22H22F3NO2. The molecule has 2 aromatic carbocycles. The van der Waals surface area contributed by atoms with Gasteiger partial charge in [-0.15, -0.1) is 0 Å². The SMILES string of the molecule is CC(C)(C)OC(=O)N1Cc2c(-c3ccc(F)cc3F)ccc(F)c2C2(CC2)C1. The van der Waals surface area contributed by atoms with E-state index in [0.29, 0.717) is 23.2 Å². The van der Waals surface area contributed by atoms with E-state index in [1.165, 1.54) is 24.3 Å². The van der Waals surface area contributed by atoms with E-state index in [-0.39, 0.29) is 17.9 Å². The van der Waals surface area contributed by atoms with Crippen molar-refractivity contribution < 1.29 is 22.7 Å². The summed E-state index contributed by atoms with van der Waals surface area (Å²) in [5.41, 5.74) is 0.685. The van der Waals surface area contributed by atoms with Gasteiger partial charge in [0.05, 0.1) is 6.54 Å². The number of hydrogen-bond acceptors (Lipinski definition) is 2. The lowest BCUT2D eigenvalue weighted by Gasteiger charge is -2.37. The smallest absolute Gasteiger partial charge is 0.410 e. The molecule has 148 valence electrons. The fourth-order valence-corrected chi connectivity index (χ4v) is 4.02. The van der Waals surface area contributed by atoms with Crippen molar-refractivity contribution in [3.8, 4) is 11.1 Å². The molecule has 0 radical (unpaired) electrons. The van der Waals surface area contributed by atoms with Crippen LogP contribution in [0.25, 0.3) is 11.1 Å². The summed E-state index contributed by atoms with van der Waals surface area (Å²) >= 11 is 0. The number of carbonyl (C=O) groups is 1. The Labute approximate surface area is 162 Å². The molecule has 1 amide bonds. The molecule has 0 saturated heterocycles. The van der Waals surface area contributed by atoms with E-state index in [1.807, 2.05) is 0 Å². The molecule has 0 atom stereocenters. The zero-order valence-corrected chi connectivity index (χ0v) is 16.1. The first-order valence-electron chi connectivity index (χ1n) is 9.35. The summed E-state index contributed by atoms with van der Waals surface area (Å²) in [4.78, 5) is 14.2. The monoisotopic (exact) mass is 389 g/mol. The Morgan fingerprint density at radius 3 is 2.32 bits per heavy atom. The minimum absolute atomic E-state index is 0.121. The molecule has 1 heterocycles. The van der Waals surface area contributed by atoms with Gasteiger partial charge in [0.15, 0.2) is 0 Å². The maximum Gasteiger partial charge on any atom is 0.410 e. The quantitative estimate of drug-likeness (QED) is 0.640. The van der Waals surface area contributed by atoms with Crippen molar-refractivity contribution in [2.45, 2.75) is 51.2 Å². The normalized spacial score (nSPS) is 17.4. The van der Waals surface area contributed by atoms with Gasteiger partial charge < -0.3 is 9.64 Å². The summed E-state index contributed by atoms with van der Waals surface area (Å²) in [5, 5.41) is 0. The predicted molar refractivity (Wildman–Crippen MR) is 99.3 cm³/mol. The van der Waals surface area contributed by atoms with Gasteiger partial charge in [-0.2, -0.15) is 0 Å². The van der Waals surface area contributed by atoms with E-state index in [4.69, 9.17) is 4.74 Å². The van der Waals surface area contributed by atoms with Crippen molar-refractivity contribution in [1.82, 2.24) is 4.90 Å². The highest BCUT2D eigenvalue weighted by atomic mass is 19.1. The third kappa shape index (κ3) is 3.25. The lowest BCUT2D eigenvalue weighted by molar-refractivity contribution is 0.0195. The van der Waals surface area contributed by atoms with Gasteiger partial charge in [-0.3, -0.25) is 0 Å². The van der Waals surface area contributed by atoms with Crippen molar-refractivity contribution in [3.63, 3.8) is 0 Å². The van der Waals surface area contributed by atoms with Gasteiger partial charge in [0.2, 0.25) is 0 Å². The van der Waals surface area contributed by atoms with Gasteiger partial charge in [0.1, 0.15) is 23.1 Å². The van der Waals surface area contributed by atoms with E-state index in [2.05, 4.69) is 0 Å². The molecule has 1 aliphatic heterocycles. The van der Waals surface area contributed by atoms with E-state index < -0.39 is 28.7 Å².